The van der Waals surface area contributed by atoms with Gasteiger partial charge in [0.1, 0.15) is 10.8 Å². The van der Waals surface area contributed by atoms with Gasteiger partial charge in [-0.15, -0.1) is 0 Å². The summed E-state index contributed by atoms with van der Waals surface area (Å²) < 4.78 is 13.4. The molecule has 1 aliphatic rings. The molecule has 4 rings (SSSR count). The molecule has 0 saturated carbocycles. The highest BCUT2D eigenvalue weighted by molar-refractivity contribution is 6.32. The van der Waals surface area contributed by atoms with Crippen LogP contribution in [-0.4, -0.2) is 58.9 Å². The number of amides is 1. The number of anilines is 3. The van der Waals surface area contributed by atoms with Gasteiger partial charge in [-0.05, 0) is 42.9 Å². The molecule has 1 saturated heterocycles. The van der Waals surface area contributed by atoms with Gasteiger partial charge in [0.2, 0.25) is 5.95 Å². The summed E-state index contributed by atoms with van der Waals surface area (Å²) in [7, 11) is 2.06. The molecule has 3 aromatic rings. The number of nitrogens with one attached hydrogen (secondary N) is 2. The average molecular weight is 455 g/mol. The van der Waals surface area contributed by atoms with Gasteiger partial charge in [0.05, 0.1) is 6.20 Å². The molecule has 2 aromatic carbocycles. The number of hydrogen-bond donors (Lipinski definition) is 2. The Bertz CT molecular complexity index is 1100. The number of hydrogen-bond acceptors (Lipinski definition) is 6. The Morgan fingerprint density at radius 2 is 1.91 bits per heavy atom. The highest BCUT2D eigenvalue weighted by Crippen LogP contribution is 2.23. The van der Waals surface area contributed by atoms with Gasteiger partial charge in [-0.3, -0.25) is 4.79 Å². The van der Waals surface area contributed by atoms with Crippen molar-refractivity contribution in [2.75, 3.05) is 43.9 Å². The van der Waals surface area contributed by atoms with Crippen LogP contribution in [0.25, 0.3) is 0 Å². The van der Waals surface area contributed by atoms with E-state index in [0.29, 0.717) is 47.7 Å². The second-order valence-corrected chi connectivity index (χ2v) is 8.08. The fourth-order valence-corrected chi connectivity index (χ4v) is 3.59. The van der Waals surface area contributed by atoms with Crippen molar-refractivity contribution in [3.8, 4) is 0 Å². The predicted octanol–water partition coefficient (Wildman–Crippen LogP) is 4.01. The van der Waals surface area contributed by atoms with Gasteiger partial charge < -0.3 is 20.4 Å². The summed E-state index contributed by atoms with van der Waals surface area (Å²) in [5.41, 5.74) is 2.07. The zero-order chi connectivity index (χ0) is 22.5. The first-order valence-corrected chi connectivity index (χ1v) is 10.7. The first kappa shape index (κ1) is 22.0. The van der Waals surface area contributed by atoms with E-state index in [2.05, 4.69) is 32.5 Å². The first-order chi connectivity index (χ1) is 15.5. The first-order valence-electron chi connectivity index (χ1n) is 10.3. The molecule has 166 valence electrons. The number of rotatable bonds is 6. The maximum Gasteiger partial charge on any atom is 0.254 e. The number of piperazine rings is 1. The van der Waals surface area contributed by atoms with Gasteiger partial charge in [0, 0.05) is 44.0 Å². The van der Waals surface area contributed by atoms with Crippen molar-refractivity contribution in [1.82, 2.24) is 19.8 Å². The fourth-order valence-electron chi connectivity index (χ4n) is 3.44. The van der Waals surface area contributed by atoms with Crippen LogP contribution in [0.1, 0.15) is 15.9 Å². The minimum Gasteiger partial charge on any atom is -0.365 e. The Morgan fingerprint density at radius 3 is 2.69 bits per heavy atom. The van der Waals surface area contributed by atoms with E-state index in [-0.39, 0.29) is 11.7 Å². The normalized spacial score (nSPS) is 14.3. The SMILES string of the molecule is CN1CCN(C(=O)c2cccc(Nc3ncc(Cl)c(NCc4cccc(F)c4)n3)c2)CC1. The molecule has 0 bridgehead atoms. The molecule has 0 aliphatic carbocycles. The minimum atomic E-state index is -0.300. The summed E-state index contributed by atoms with van der Waals surface area (Å²) in [6.45, 7) is 3.53. The Balaban J connectivity index is 1.44. The molecule has 0 spiro atoms. The summed E-state index contributed by atoms with van der Waals surface area (Å²) in [6, 6.07) is 13.6. The Morgan fingerprint density at radius 1 is 1.12 bits per heavy atom. The lowest BCUT2D eigenvalue weighted by Crippen LogP contribution is -2.47. The molecule has 7 nitrogen and oxygen atoms in total. The Labute approximate surface area is 191 Å². The third-order valence-electron chi connectivity index (χ3n) is 5.25. The second-order valence-electron chi connectivity index (χ2n) is 7.67. The monoisotopic (exact) mass is 454 g/mol. The number of likely N-dealkylation sites (N-methyl/N-ethyl adjacent to an activating group) is 1. The van der Waals surface area contributed by atoms with E-state index >= 15 is 0 Å². The molecule has 1 aliphatic heterocycles. The predicted molar refractivity (Wildman–Crippen MR) is 124 cm³/mol. The minimum absolute atomic E-state index is 0.0104. The summed E-state index contributed by atoms with van der Waals surface area (Å²) in [5.74, 6) is 0.473. The molecule has 1 aromatic heterocycles. The lowest BCUT2D eigenvalue weighted by Gasteiger charge is -2.32. The maximum atomic E-state index is 13.4. The highest BCUT2D eigenvalue weighted by atomic mass is 35.5. The molecule has 32 heavy (non-hydrogen) atoms. The van der Waals surface area contributed by atoms with Crippen molar-refractivity contribution in [2.24, 2.45) is 0 Å². The Kier molecular flexibility index (Phi) is 6.82. The van der Waals surface area contributed by atoms with E-state index in [4.69, 9.17) is 11.6 Å². The zero-order valence-electron chi connectivity index (χ0n) is 17.7. The van der Waals surface area contributed by atoms with Crippen LogP contribution in [0.3, 0.4) is 0 Å². The van der Waals surface area contributed by atoms with Gasteiger partial charge in [-0.2, -0.15) is 4.98 Å². The number of nitrogens with zero attached hydrogens (tertiary/aromatic N) is 4. The van der Waals surface area contributed by atoms with Crippen molar-refractivity contribution in [2.45, 2.75) is 6.54 Å². The average Bonchev–Trinajstić information content (AvgIpc) is 2.80. The van der Waals surface area contributed by atoms with Crippen molar-refractivity contribution in [3.05, 3.63) is 76.7 Å². The molecule has 1 fully saturated rings. The largest absolute Gasteiger partial charge is 0.365 e. The molecule has 0 atom stereocenters. The van der Waals surface area contributed by atoms with Crippen molar-refractivity contribution >= 4 is 35.0 Å². The molecular weight excluding hydrogens is 431 g/mol. The van der Waals surface area contributed by atoms with Crippen molar-refractivity contribution < 1.29 is 9.18 Å². The third kappa shape index (κ3) is 5.52. The van der Waals surface area contributed by atoms with Crippen LogP contribution in [-0.2, 0) is 6.54 Å². The number of halogens is 2. The third-order valence-corrected chi connectivity index (χ3v) is 5.53. The van der Waals surface area contributed by atoms with Gasteiger partial charge in [-0.25, -0.2) is 9.37 Å². The van der Waals surface area contributed by atoms with Gasteiger partial charge in [0.25, 0.3) is 5.91 Å². The molecular formula is C23H24ClFN6O. The number of carbonyl (C=O) groups excluding carboxylic acids is 1. The van der Waals surface area contributed by atoms with E-state index in [1.165, 1.54) is 18.3 Å². The van der Waals surface area contributed by atoms with Crippen LogP contribution in [0.4, 0.5) is 21.8 Å². The summed E-state index contributed by atoms with van der Waals surface area (Å²) >= 11 is 6.22. The molecule has 1 amide bonds. The van der Waals surface area contributed by atoms with Crippen LogP contribution in [0.15, 0.2) is 54.7 Å². The summed E-state index contributed by atoms with van der Waals surface area (Å²) in [6.07, 6.45) is 1.49. The molecule has 2 N–H and O–H groups in total. The van der Waals surface area contributed by atoms with E-state index < -0.39 is 0 Å². The quantitative estimate of drug-likeness (QED) is 0.586. The number of aromatic nitrogens is 2. The second kappa shape index (κ2) is 9.93. The lowest BCUT2D eigenvalue weighted by atomic mass is 10.1. The van der Waals surface area contributed by atoms with Gasteiger partial charge in [-0.1, -0.05) is 29.8 Å². The molecule has 0 radical (unpaired) electrons. The lowest BCUT2D eigenvalue weighted by molar-refractivity contribution is 0.0664. The Hall–Kier alpha value is -3.23. The van der Waals surface area contributed by atoms with Crippen molar-refractivity contribution in [1.29, 1.82) is 0 Å². The van der Waals surface area contributed by atoms with Crippen LogP contribution in [0.2, 0.25) is 5.02 Å². The van der Waals surface area contributed by atoms with Crippen LogP contribution >= 0.6 is 11.6 Å². The molecule has 2 heterocycles. The van der Waals surface area contributed by atoms with E-state index in [9.17, 15) is 9.18 Å². The van der Waals surface area contributed by atoms with Crippen LogP contribution < -0.4 is 10.6 Å². The van der Waals surface area contributed by atoms with Gasteiger partial charge in [0.15, 0.2) is 5.82 Å². The fraction of sp³-hybridized carbons (Fsp3) is 0.261. The topological polar surface area (TPSA) is 73.4 Å². The molecule has 9 heteroatoms. The van der Waals surface area contributed by atoms with E-state index in [1.54, 1.807) is 18.2 Å². The summed E-state index contributed by atoms with van der Waals surface area (Å²) in [5, 5.41) is 6.58. The van der Waals surface area contributed by atoms with Crippen LogP contribution in [0.5, 0.6) is 0 Å². The maximum absolute atomic E-state index is 13.4. The summed E-state index contributed by atoms with van der Waals surface area (Å²) in [4.78, 5) is 25.6. The zero-order valence-corrected chi connectivity index (χ0v) is 18.4. The standard InChI is InChI=1S/C23H24ClFN6O/c1-30-8-10-31(11-9-30)22(32)17-5-3-7-19(13-17)28-23-27-15-20(24)21(29-23)26-14-16-4-2-6-18(25)12-16/h2-7,12-13,15H,8-11,14H2,1H3,(H2,26,27,28,29). The van der Waals surface area contributed by atoms with Crippen molar-refractivity contribution in [3.63, 3.8) is 0 Å². The van der Waals surface area contributed by atoms with Gasteiger partial charge >= 0.3 is 0 Å². The molecule has 0 unspecified atom stereocenters. The highest BCUT2D eigenvalue weighted by Gasteiger charge is 2.20. The number of carbonyl (C=O) groups is 1. The number of benzene rings is 2. The smallest absolute Gasteiger partial charge is 0.254 e. The van der Waals surface area contributed by atoms with E-state index in [1.807, 2.05) is 23.1 Å². The van der Waals surface area contributed by atoms with E-state index in [0.717, 1.165) is 18.7 Å². The van der Waals surface area contributed by atoms with Crippen LogP contribution in [0, 0.1) is 5.82 Å².